The van der Waals surface area contributed by atoms with E-state index in [2.05, 4.69) is 4.72 Å². The van der Waals surface area contributed by atoms with E-state index in [0.717, 1.165) is 0 Å². The lowest BCUT2D eigenvalue weighted by atomic mass is 10.1. The van der Waals surface area contributed by atoms with Gasteiger partial charge in [-0.05, 0) is 25.1 Å². The molecule has 2 N–H and O–H groups in total. The van der Waals surface area contributed by atoms with Gasteiger partial charge in [0.1, 0.15) is 17.5 Å². The Morgan fingerprint density at radius 1 is 1.23 bits per heavy atom. The van der Waals surface area contributed by atoms with Gasteiger partial charge in [-0.3, -0.25) is 19.0 Å². The molecule has 162 valence electrons. The van der Waals surface area contributed by atoms with E-state index in [0.29, 0.717) is 37.5 Å². The molecule has 1 saturated heterocycles. The van der Waals surface area contributed by atoms with Crippen molar-refractivity contribution in [2.24, 2.45) is 0 Å². The summed E-state index contributed by atoms with van der Waals surface area (Å²) in [4.78, 5) is 16.3. The van der Waals surface area contributed by atoms with Gasteiger partial charge < -0.3 is 4.90 Å². The molecule has 3 rings (SSSR count). The van der Waals surface area contributed by atoms with E-state index in [4.69, 9.17) is 16.2 Å². The molecule has 0 bridgehead atoms. The standard InChI is InChI=1S/C19H19ClF3N3O3S/c1-11-9-25(10-15-17(22)6-12(21)7-18(15)23)4-5-26(11)19(27)14-3-2-13(8-16(14)20)24-30(28)29/h2-3,6-8,11,24H,4-5,9-10H2,1H3,(H,28,29). The largest absolute Gasteiger partial charge is 0.333 e. The van der Waals surface area contributed by atoms with Gasteiger partial charge in [0.05, 0.1) is 10.6 Å². The van der Waals surface area contributed by atoms with Gasteiger partial charge >= 0.3 is 0 Å². The molecule has 2 aromatic rings. The van der Waals surface area contributed by atoms with E-state index >= 15 is 0 Å². The predicted octanol–water partition coefficient (Wildman–Crippen LogP) is 3.65. The fraction of sp³-hybridized carbons (Fsp3) is 0.316. The molecule has 11 heteroatoms. The van der Waals surface area contributed by atoms with Crippen molar-refractivity contribution in [3.05, 3.63) is 63.9 Å². The van der Waals surface area contributed by atoms with Crippen molar-refractivity contribution in [3.63, 3.8) is 0 Å². The number of nitrogens with one attached hydrogen (secondary N) is 1. The summed E-state index contributed by atoms with van der Waals surface area (Å²) in [5.41, 5.74) is 0.316. The van der Waals surface area contributed by atoms with E-state index in [1.165, 1.54) is 18.2 Å². The SMILES string of the molecule is CC1CN(Cc2c(F)cc(F)cc2F)CCN1C(=O)c1ccc(NS(=O)O)cc1Cl. The molecule has 2 unspecified atom stereocenters. The molecule has 0 radical (unpaired) electrons. The van der Waals surface area contributed by atoms with Gasteiger partial charge in [-0.15, -0.1) is 0 Å². The van der Waals surface area contributed by atoms with E-state index in [-0.39, 0.29) is 34.6 Å². The molecule has 2 atom stereocenters. The summed E-state index contributed by atoms with van der Waals surface area (Å²) in [7, 11) is 0. The summed E-state index contributed by atoms with van der Waals surface area (Å²) in [6, 6.07) is 5.33. The summed E-state index contributed by atoms with van der Waals surface area (Å²) >= 11 is 3.90. The van der Waals surface area contributed by atoms with Crippen LogP contribution in [-0.2, 0) is 17.8 Å². The van der Waals surface area contributed by atoms with Crippen LogP contribution in [0.1, 0.15) is 22.8 Å². The van der Waals surface area contributed by atoms with Gasteiger partial charge in [0.25, 0.3) is 17.2 Å². The predicted molar refractivity (Wildman–Crippen MR) is 108 cm³/mol. The lowest BCUT2D eigenvalue weighted by Gasteiger charge is -2.40. The van der Waals surface area contributed by atoms with Crippen molar-refractivity contribution in [3.8, 4) is 0 Å². The topological polar surface area (TPSA) is 72.9 Å². The van der Waals surface area contributed by atoms with Gasteiger partial charge in [0.2, 0.25) is 0 Å². The average molecular weight is 462 g/mol. The highest BCUT2D eigenvalue weighted by Crippen LogP contribution is 2.25. The normalized spacial score (nSPS) is 18.3. The Bertz CT molecular complexity index is 972. The maximum atomic E-state index is 13.9. The smallest absolute Gasteiger partial charge is 0.259 e. The first-order chi connectivity index (χ1) is 14.2. The first-order valence-electron chi connectivity index (χ1n) is 8.99. The molecule has 0 saturated carbocycles. The number of carbonyl (C=O) groups excluding carboxylic acids is 1. The second-order valence-electron chi connectivity index (χ2n) is 6.98. The highest BCUT2D eigenvalue weighted by atomic mass is 35.5. The van der Waals surface area contributed by atoms with Crippen LogP contribution in [0.4, 0.5) is 18.9 Å². The Labute approximate surface area is 179 Å². The third kappa shape index (κ3) is 5.12. The second kappa shape index (κ2) is 9.34. The number of carbonyl (C=O) groups is 1. The van der Waals surface area contributed by atoms with Crippen LogP contribution >= 0.6 is 11.6 Å². The van der Waals surface area contributed by atoms with Crippen LogP contribution in [0.15, 0.2) is 30.3 Å². The van der Waals surface area contributed by atoms with Gasteiger partial charge in [-0.25, -0.2) is 17.4 Å². The van der Waals surface area contributed by atoms with Crippen LogP contribution < -0.4 is 4.72 Å². The first-order valence-corrected chi connectivity index (χ1v) is 10.5. The highest BCUT2D eigenvalue weighted by molar-refractivity contribution is 7.80. The minimum atomic E-state index is -2.26. The van der Waals surface area contributed by atoms with Crippen LogP contribution in [0.2, 0.25) is 5.02 Å². The molecule has 0 aliphatic carbocycles. The number of benzene rings is 2. The summed E-state index contributed by atoms with van der Waals surface area (Å²) < 4.78 is 62.9. The number of nitrogens with zero attached hydrogens (tertiary/aromatic N) is 2. The monoisotopic (exact) mass is 461 g/mol. The van der Waals surface area contributed by atoms with Crippen molar-refractivity contribution in [1.82, 2.24) is 9.80 Å². The number of anilines is 1. The zero-order valence-electron chi connectivity index (χ0n) is 15.9. The van der Waals surface area contributed by atoms with E-state index < -0.39 is 28.7 Å². The molecule has 0 spiro atoms. The number of hydrogen-bond donors (Lipinski definition) is 2. The fourth-order valence-electron chi connectivity index (χ4n) is 3.43. The minimum absolute atomic E-state index is 0.0380. The second-order valence-corrected chi connectivity index (χ2v) is 8.09. The number of piperazine rings is 1. The van der Waals surface area contributed by atoms with Gasteiger partial charge in [-0.2, -0.15) is 0 Å². The summed E-state index contributed by atoms with van der Waals surface area (Å²) in [6.07, 6.45) is 0. The molecule has 1 fully saturated rings. The average Bonchev–Trinajstić information content (AvgIpc) is 2.64. The van der Waals surface area contributed by atoms with Crippen molar-refractivity contribution < 1.29 is 26.7 Å². The Morgan fingerprint density at radius 2 is 1.90 bits per heavy atom. The van der Waals surface area contributed by atoms with Crippen LogP contribution in [0, 0.1) is 17.5 Å². The van der Waals surface area contributed by atoms with Crippen molar-refractivity contribution in [2.45, 2.75) is 19.5 Å². The fourth-order valence-corrected chi connectivity index (χ4v) is 4.02. The molecular formula is C19H19ClF3N3O3S. The lowest BCUT2D eigenvalue weighted by Crippen LogP contribution is -2.53. The molecule has 2 aromatic carbocycles. The molecule has 1 heterocycles. The summed E-state index contributed by atoms with van der Waals surface area (Å²) in [5.74, 6) is -3.17. The summed E-state index contributed by atoms with van der Waals surface area (Å²) in [6.45, 7) is 2.81. The lowest BCUT2D eigenvalue weighted by molar-refractivity contribution is 0.0471. The van der Waals surface area contributed by atoms with E-state index in [1.54, 1.807) is 16.7 Å². The Balaban J connectivity index is 1.68. The van der Waals surface area contributed by atoms with Crippen molar-refractivity contribution in [1.29, 1.82) is 0 Å². The first kappa shape index (κ1) is 22.5. The maximum absolute atomic E-state index is 13.9. The zero-order chi connectivity index (χ0) is 22.0. The minimum Gasteiger partial charge on any atom is -0.333 e. The third-order valence-corrected chi connectivity index (χ3v) is 5.59. The molecule has 1 aliphatic heterocycles. The van der Waals surface area contributed by atoms with Crippen LogP contribution in [0.25, 0.3) is 0 Å². The van der Waals surface area contributed by atoms with Crippen LogP contribution in [0.3, 0.4) is 0 Å². The zero-order valence-corrected chi connectivity index (χ0v) is 17.4. The molecule has 1 amide bonds. The van der Waals surface area contributed by atoms with Crippen molar-refractivity contribution >= 4 is 34.5 Å². The van der Waals surface area contributed by atoms with Gasteiger partial charge in [0.15, 0.2) is 0 Å². The molecule has 1 aliphatic rings. The van der Waals surface area contributed by atoms with Crippen molar-refractivity contribution in [2.75, 3.05) is 24.4 Å². The van der Waals surface area contributed by atoms with Gasteiger partial charge in [-0.1, -0.05) is 11.6 Å². The number of hydrogen-bond acceptors (Lipinski definition) is 3. The summed E-state index contributed by atoms with van der Waals surface area (Å²) in [5, 5.41) is 0.125. The van der Waals surface area contributed by atoms with Gasteiger partial charge in [0, 0.05) is 55.6 Å². The van der Waals surface area contributed by atoms with E-state index in [1.807, 2.05) is 0 Å². The number of rotatable bonds is 5. The quantitative estimate of drug-likeness (QED) is 0.667. The Hall–Kier alpha value is -2.14. The molecular weight excluding hydrogens is 443 g/mol. The third-order valence-electron chi connectivity index (χ3n) is 4.86. The Kier molecular flexibility index (Phi) is 7.02. The van der Waals surface area contributed by atoms with E-state index in [9.17, 15) is 22.2 Å². The molecule has 6 nitrogen and oxygen atoms in total. The Morgan fingerprint density at radius 3 is 2.47 bits per heavy atom. The highest BCUT2D eigenvalue weighted by Gasteiger charge is 2.30. The maximum Gasteiger partial charge on any atom is 0.259 e. The van der Waals surface area contributed by atoms with Crippen LogP contribution in [-0.4, -0.2) is 50.1 Å². The number of amides is 1. The molecule has 0 aromatic heterocycles. The molecule has 30 heavy (non-hydrogen) atoms. The number of halogens is 4. The van der Waals surface area contributed by atoms with Crippen LogP contribution in [0.5, 0.6) is 0 Å².